The van der Waals surface area contributed by atoms with Gasteiger partial charge >= 0.3 is 0 Å². The Morgan fingerprint density at radius 3 is 2.47 bits per heavy atom. The second-order valence-electron chi connectivity index (χ2n) is 7.01. The van der Waals surface area contributed by atoms with Crippen LogP contribution in [0.1, 0.15) is 0 Å². The molecule has 0 spiro atoms. The molecular weight excluding hydrogens is 446 g/mol. The quantitative estimate of drug-likeness (QED) is 0.375. The van der Waals surface area contributed by atoms with Crippen molar-refractivity contribution >= 4 is 33.0 Å². The van der Waals surface area contributed by atoms with Gasteiger partial charge in [0, 0.05) is 41.5 Å². The second-order valence-corrected chi connectivity index (χ2v) is 9.05. The number of hydrogen-bond donors (Lipinski definition) is 1. The van der Waals surface area contributed by atoms with Gasteiger partial charge in [0.1, 0.15) is 5.65 Å². The van der Waals surface area contributed by atoms with E-state index < -0.39 is 10.0 Å². The lowest BCUT2D eigenvalue weighted by Gasteiger charge is -2.11. The predicted octanol–water partition coefficient (Wildman–Crippen LogP) is 4.91. The summed E-state index contributed by atoms with van der Waals surface area (Å²) in [6.07, 6.45) is 8.80. The first kappa shape index (κ1) is 20.2. The average molecular weight is 462 g/mol. The van der Waals surface area contributed by atoms with E-state index in [-0.39, 0.29) is 15.7 Å². The van der Waals surface area contributed by atoms with E-state index in [1.165, 1.54) is 12.1 Å². The molecule has 4 aromatic heterocycles. The number of pyridine rings is 3. The number of anilines is 1. The number of hydrogen-bond acceptors (Lipinski definition) is 5. The first-order valence-corrected chi connectivity index (χ1v) is 11.5. The van der Waals surface area contributed by atoms with Crippen LogP contribution in [0.15, 0.2) is 96.5 Å². The standard InChI is InChI=1S/C23H16ClN5O2S/c24-23-20(28-32(30,31)19-6-2-1-3-7-19)11-18(13-27-23)17-8-9-22-26-14-21(29(22)15-17)16-5-4-10-25-12-16/h1-15,28H. The molecule has 0 unspecified atom stereocenters. The number of benzene rings is 1. The number of sulfonamides is 1. The minimum atomic E-state index is -3.80. The van der Waals surface area contributed by atoms with Crippen LogP contribution in [0.3, 0.4) is 0 Å². The zero-order chi connectivity index (χ0) is 22.1. The van der Waals surface area contributed by atoms with Gasteiger partial charge in [-0.2, -0.15) is 0 Å². The van der Waals surface area contributed by atoms with Crippen LogP contribution in [0.2, 0.25) is 5.15 Å². The van der Waals surface area contributed by atoms with Crippen molar-refractivity contribution in [1.29, 1.82) is 0 Å². The molecule has 5 rings (SSSR count). The van der Waals surface area contributed by atoms with Crippen molar-refractivity contribution < 1.29 is 8.42 Å². The van der Waals surface area contributed by atoms with Crippen molar-refractivity contribution in [1.82, 2.24) is 19.4 Å². The summed E-state index contributed by atoms with van der Waals surface area (Å²) in [5, 5.41) is 0.0630. The van der Waals surface area contributed by atoms with Gasteiger partial charge in [0.25, 0.3) is 10.0 Å². The Balaban J connectivity index is 1.55. The van der Waals surface area contributed by atoms with Crippen molar-refractivity contribution in [3.8, 4) is 22.4 Å². The fourth-order valence-corrected chi connectivity index (χ4v) is 4.65. The van der Waals surface area contributed by atoms with E-state index in [1.54, 1.807) is 49.1 Å². The number of aromatic nitrogens is 4. The van der Waals surface area contributed by atoms with Crippen molar-refractivity contribution in [2.24, 2.45) is 0 Å². The molecule has 9 heteroatoms. The smallest absolute Gasteiger partial charge is 0.261 e. The van der Waals surface area contributed by atoms with Gasteiger partial charge in [-0.3, -0.25) is 14.1 Å². The van der Waals surface area contributed by atoms with Gasteiger partial charge < -0.3 is 0 Å². The molecule has 7 nitrogen and oxygen atoms in total. The number of fused-ring (bicyclic) bond motifs is 1. The van der Waals surface area contributed by atoms with E-state index in [2.05, 4.69) is 19.7 Å². The highest BCUT2D eigenvalue weighted by Gasteiger charge is 2.17. The molecule has 1 aromatic carbocycles. The third kappa shape index (κ3) is 3.81. The van der Waals surface area contributed by atoms with Crippen LogP contribution in [0.25, 0.3) is 28.0 Å². The van der Waals surface area contributed by atoms with Crippen LogP contribution >= 0.6 is 11.6 Å². The summed E-state index contributed by atoms with van der Waals surface area (Å²) >= 11 is 6.20. The molecule has 0 atom stereocenters. The largest absolute Gasteiger partial charge is 0.299 e. The van der Waals surface area contributed by atoms with Gasteiger partial charge in [0.15, 0.2) is 5.15 Å². The number of imidazole rings is 1. The van der Waals surface area contributed by atoms with Gasteiger partial charge in [-0.15, -0.1) is 0 Å². The number of rotatable bonds is 5. The Bertz CT molecular complexity index is 1520. The Morgan fingerprint density at radius 2 is 1.69 bits per heavy atom. The van der Waals surface area contributed by atoms with E-state index >= 15 is 0 Å². The molecule has 1 N–H and O–H groups in total. The lowest BCUT2D eigenvalue weighted by molar-refractivity contribution is 0.601. The highest BCUT2D eigenvalue weighted by Crippen LogP contribution is 2.30. The van der Waals surface area contributed by atoms with Crippen molar-refractivity contribution in [3.63, 3.8) is 0 Å². The molecule has 0 aliphatic heterocycles. The molecular formula is C23H16ClN5O2S. The van der Waals surface area contributed by atoms with Gasteiger partial charge in [0.05, 0.1) is 22.5 Å². The minimum Gasteiger partial charge on any atom is -0.299 e. The minimum absolute atomic E-state index is 0.0630. The third-order valence-electron chi connectivity index (χ3n) is 4.93. The van der Waals surface area contributed by atoms with Crippen molar-refractivity contribution in [2.45, 2.75) is 4.90 Å². The van der Waals surface area contributed by atoms with E-state index in [0.29, 0.717) is 5.56 Å². The van der Waals surface area contributed by atoms with E-state index in [0.717, 1.165) is 22.5 Å². The van der Waals surface area contributed by atoms with Gasteiger partial charge in [-0.05, 0) is 42.5 Å². The molecule has 0 fully saturated rings. The van der Waals surface area contributed by atoms with Gasteiger partial charge in [0.2, 0.25) is 0 Å². The van der Waals surface area contributed by atoms with Crippen LogP contribution in [-0.2, 0) is 10.0 Å². The molecule has 0 amide bonds. The first-order chi connectivity index (χ1) is 15.5. The fourth-order valence-electron chi connectivity index (χ4n) is 3.36. The fraction of sp³-hybridized carbons (Fsp3) is 0. The van der Waals surface area contributed by atoms with Gasteiger partial charge in [-0.1, -0.05) is 29.8 Å². The average Bonchev–Trinajstić information content (AvgIpc) is 3.25. The predicted molar refractivity (Wildman–Crippen MR) is 124 cm³/mol. The molecule has 4 heterocycles. The van der Waals surface area contributed by atoms with Crippen molar-refractivity contribution in [2.75, 3.05) is 4.72 Å². The molecule has 0 bridgehead atoms. The first-order valence-electron chi connectivity index (χ1n) is 9.62. The molecule has 0 radical (unpaired) electrons. The lowest BCUT2D eigenvalue weighted by Crippen LogP contribution is -2.13. The zero-order valence-corrected chi connectivity index (χ0v) is 18.1. The molecule has 0 saturated heterocycles. The van der Waals surface area contributed by atoms with Crippen LogP contribution in [-0.4, -0.2) is 27.8 Å². The third-order valence-corrected chi connectivity index (χ3v) is 6.62. The number of nitrogens with zero attached hydrogens (tertiary/aromatic N) is 4. The summed E-state index contributed by atoms with van der Waals surface area (Å²) in [4.78, 5) is 13.0. The highest BCUT2D eigenvalue weighted by atomic mass is 35.5. The van der Waals surface area contributed by atoms with E-state index in [9.17, 15) is 8.42 Å². The Labute approximate surface area is 189 Å². The highest BCUT2D eigenvalue weighted by molar-refractivity contribution is 7.92. The second kappa shape index (κ2) is 8.07. The Kier molecular flexibility index (Phi) is 5.08. The van der Waals surface area contributed by atoms with Crippen LogP contribution in [0.5, 0.6) is 0 Å². The molecule has 0 saturated carbocycles. The SMILES string of the molecule is O=S(=O)(Nc1cc(-c2ccc3ncc(-c4cccnc4)n3c2)cnc1Cl)c1ccccc1. The monoisotopic (exact) mass is 461 g/mol. The topological polar surface area (TPSA) is 89.2 Å². The van der Waals surface area contributed by atoms with Crippen LogP contribution in [0.4, 0.5) is 5.69 Å². The van der Waals surface area contributed by atoms with Gasteiger partial charge in [-0.25, -0.2) is 18.4 Å². The summed E-state index contributed by atoms with van der Waals surface area (Å²) in [6.45, 7) is 0. The molecule has 5 aromatic rings. The summed E-state index contributed by atoms with van der Waals surface area (Å²) in [6, 6.07) is 17.4. The van der Waals surface area contributed by atoms with E-state index in [4.69, 9.17) is 11.6 Å². The molecule has 32 heavy (non-hydrogen) atoms. The molecule has 0 aliphatic rings. The maximum absolute atomic E-state index is 12.7. The Hall–Kier alpha value is -3.75. The normalized spacial score (nSPS) is 11.5. The zero-order valence-electron chi connectivity index (χ0n) is 16.6. The van der Waals surface area contributed by atoms with Crippen LogP contribution < -0.4 is 4.72 Å². The van der Waals surface area contributed by atoms with Crippen LogP contribution in [0, 0.1) is 0 Å². The summed E-state index contributed by atoms with van der Waals surface area (Å²) in [5.41, 5.74) is 4.33. The maximum Gasteiger partial charge on any atom is 0.261 e. The Morgan fingerprint density at radius 1 is 0.844 bits per heavy atom. The number of nitrogens with one attached hydrogen (secondary N) is 1. The lowest BCUT2D eigenvalue weighted by atomic mass is 10.1. The summed E-state index contributed by atoms with van der Waals surface area (Å²) < 4.78 is 29.9. The number of halogens is 1. The summed E-state index contributed by atoms with van der Waals surface area (Å²) in [5.74, 6) is 0. The van der Waals surface area contributed by atoms with E-state index in [1.807, 2.05) is 34.9 Å². The maximum atomic E-state index is 12.7. The molecule has 0 aliphatic carbocycles. The summed E-state index contributed by atoms with van der Waals surface area (Å²) in [7, 11) is -3.80. The molecule has 158 valence electrons. The van der Waals surface area contributed by atoms with Crippen molar-refractivity contribution in [3.05, 3.63) is 96.8 Å².